The molecule has 1 rings (SSSR count). The van der Waals surface area contributed by atoms with Gasteiger partial charge in [-0.15, -0.1) is 0 Å². The van der Waals surface area contributed by atoms with E-state index in [0.717, 1.165) is 6.04 Å². The first-order valence-electron chi connectivity index (χ1n) is 4.61. The van der Waals surface area contributed by atoms with Gasteiger partial charge in [-0.05, 0) is 32.1 Å². The molecule has 0 heterocycles. The second kappa shape index (κ2) is 2.48. The average molecular weight is 155 g/mol. The van der Waals surface area contributed by atoms with Crippen LogP contribution in [-0.2, 0) is 0 Å². The van der Waals surface area contributed by atoms with Gasteiger partial charge in [0.2, 0.25) is 0 Å². The van der Waals surface area contributed by atoms with Crippen molar-refractivity contribution in [3.05, 3.63) is 0 Å². The quantitative estimate of drug-likeness (QED) is 0.646. The predicted molar refractivity (Wildman–Crippen MR) is 49.7 cm³/mol. The molecule has 1 heteroatoms. The Bertz CT molecular complexity index is 137. The largest absolute Gasteiger partial charge is 0.309 e. The Kier molecular flexibility index (Phi) is 2.04. The summed E-state index contributed by atoms with van der Waals surface area (Å²) in [6.45, 7) is 11.5. The van der Waals surface area contributed by atoms with Crippen molar-refractivity contribution in [2.45, 2.75) is 59.0 Å². The van der Waals surface area contributed by atoms with Gasteiger partial charge in [0.1, 0.15) is 0 Å². The highest BCUT2D eigenvalue weighted by atomic mass is 15.0. The first-order chi connectivity index (χ1) is 4.83. The van der Waals surface area contributed by atoms with Gasteiger partial charge in [0, 0.05) is 11.6 Å². The molecule has 1 aliphatic carbocycles. The molecule has 11 heavy (non-hydrogen) atoms. The van der Waals surface area contributed by atoms with E-state index in [0.29, 0.717) is 5.41 Å². The molecule has 0 atom stereocenters. The molecule has 1 saturated carbocycles. The van der Waals surface area contributed by atoms with Gasteiger partial charge in [-0.3, -0.25) is 0 Å². The minimum atomic E-state index is 0.272. The van der Waals surface area contributed by atoms with Gasteiger partial charge in [0.15, 0.2) is 0 Å². The first-order valence-corrected chi connectivity index (χ1v) is 4.61. The van der Waals surface area contributed by atoms with Gasteiger partial charge < -0.3 is 5.32 Å². The molecule has 66 valence electrons. The van der Waals surface area contributed by atoms with E-state index in [1.165, 1.54) is 12.8 Å². The number of hydrogen-bond donors (Lipinski definition) is 1. The van der Waals surface area contributed by atoms with Crippen LogP contribution in [0.25, 0.3) is 0 Å². The molecular formula is C10H21N. The average Bonchev–Trinajstić information content (AvgIpc) is 2.45. The monoisotopic (exact) mass is 155 g/mol. The van der Waals surface area contributed by atoms with Crippen LogP contribution >= 0.6 is 0 Å². The zero-order valence-corrected chi connectivity index (χ0v) is 8.49. The van der Waals surface area contributed by atoms with Gasteiger partial charge in [0.05, 0.1) is 0 Å². The van der Waals surface area contributed by atoms with Crippen molar-refractivity contribution in [1.82, 2.24) is 5.32 Å². The molecule has 1 aliphatic rings. The van der Waals surface area contributed by atoms with Crippen LogP contribution in [0.15, 0.2) is 0 Å². The Balaban J connectivity index is 2.49. The van der Waals surface area contributed by atoms with Gasteiger partial charge in [-0.1, -0.05) is 20.8 Å². The van der Waals surface area contributed by atoms with Crippen molar-refractivity contribution < 1.29 is 0 Å². The zero-order chi connectivity index (χ0) is 8.70. The molecule has 0 radical (unpaired) electrons. The molecule has 0 aromatic carbocycles. The molecular weight excluding hydrogens is 134 g/mol. The van der Waals surface area contributed by atoms with E-state index in [1.54, 1.807) is 0 Å². The molecule has 1 fully saturated rings. The Morgan fingerprint density at radius 3 is 1.73 bits per heavy atom. The van der Waals surface area contributed by atoms with E-state index in [4.69, 9.17) is 0 Å². The van der Waals surface area contributed by atoms with Crippen LogP contribution in [0, 0.1) is 5.41 Å². The minimum absolute atomic E-state index is 0.272. The van der Waals surface area contributed by atoms with E-state index in [-0.39, 0.29) is 5.54 Å². The maximum Gasteiger partial charge on any atom is 0.0176 e. The molecule has 0 bridgehead atoms. The number of hydrogen-bond acceptors (Lipinski definition) is 1. The lowest BCUT2D eigenvalue weighted by atomic mass is 9.76. The first kappa shape index (κ1) is 9.05. The fourth-order valence-corrected chi connectivity index (χ4v) is 0.954. The summed E-state index contributed by atoms with van der Waals surface area (Å²) < 4.78 is 0. The van der Waals surface area contributed by atoms with Crippen LogP contribution < -0.4 is 5.32 Å². The molecule has 1 N–H and O–H groups in total. The summed E-state index contributed by atoms with van der Waals surface area (Å²) in [5.41, 5.74) is 0.629. The third-order valence-corrected chi connectivity index (χ3v) is 3.02. The summed E-state index contributed by atoms with van der Waals surface area (Å²) in [5, 5.41) is 3.67. The van der Waals surface area contributed by atoms with E-state index >= 15 is 0 Å². The van der Waals surface area contributed by atoms with E-state index < -0.39 is 0 Å². The Morgan fingerprint density at radius 2 is 1.45 bits per heavy atom. The van der Waals surface area contributed by atoms with Crippen LogP contribution in [0.3, 0.4) is 0 Å². The fourth-order valence-electron chi connectivity index (χ4n) is 0.954. The van der Waals surface area contributed by atoms with Crippen LogP contribution in [0.1, 0.15) is 47.5 Å². The van der Waals surface area contributed by atoms with Crippen LogP contribution in [0.4, 0.5) is 0 Å². The highest BCUT2D eigenvalue weighted by Crippen LogP contribution is 2.33. The van der Waals surface area contributed by atoms with Crippen molar-refractivity contribution >= 4 is 0 Å². The van der Waals surface area contributed by atoms with Crippen LogP contribution in [-0.4, -0.2) is 11.6 Å². The fraction of sp³-hybridized carbons (Fsp3) is 1.00. The highest BCUT2D eigenvalue weighted by molar-refractivity contribution is 4.96. The molecule has 0 aromatic rings. The molecule has 0 amide bonds. The maximum absolute atomic E-state index is 3.67. The Hall–Kier alpha value is -0.0400. The molecule has 0 aromatic heterocycles. The second-order valence-electron chi connectivity index (χ2n) is 5.29. The molecule has 0 spiro atoms. The van der Waals surface area contributed by atoms with Crippen molar-refractivity contribution in [1.29, 1.82) is 0 Å². The smallest absolute Gasteiger partial charge is 0.0176 e. The standard InChI is InChI=1S/C10H21N/c1-9(2,3)10(4,5)11-8-6-7-8/h8,11H,6-7H2,1-5H3. The lowest BCUT2D eigenvalue weighted by molar-refractivity contribution is 0.174. The number of rotatable bonds is 2. The molecule has 0 aliphatic heterocycles. The molecule has 0 unspecified atom stereocenters. The van der Waals surface area contributed by atoms with Gasteiger partial charge in [-0.2, -0.15) is 0 Å². The summed E-state index contributed by atoms with van der Waals surface area (Å²) in [5.74, 6) is 0. The minimum Gasteiger partial charge on any atom is -0.309 e. The van der Waals surface area contributed by atoms with Gasteiger partial charge >= 0.3 is 0 Å². The number of nitrogens with one attached hydrogen (secondary N) is 1. The predicted octanol–water partition coefficient (Wildman–Crippen LogP) is 2.56. The van der Waals surface area contributed by atoms with Crippen molar-refractivity contribution in [3.8, 4) is 0 Å². The highest BCUT2D eigenvalue weighted by Gasteiger charge is 2.37. The van der Waals surface area contributed by atoms with Crippen molar-refractivity contribution in [3.63, 3.8) is 0 Å². The van der Waals surface area contributed by atoms with E-state index in [9.17, 15) is 0 Å². The summed E-state index contributed by atoms with van der Waals surface area (Å²) in [4.78, 5) is 0. The summed E-state index contributed by atoms with van der Waals surface area (Å²) >= 11 is 0. The summed E-state index contributed by atoms with van der Waals surface area (Å²) in [6, 6.07) is 0.809. The van der Waals surface area contributed by atoms with Crippen LogP contribution in [0.2, 0.25) is 0 Å². The lowest BCUT2D eigenvalue weighted by Crippen LogP contribution is -2.50. The van der Waals surface area contributed by atoms with Crippen molar-refractivity contribution in [2.24, 2.45) is 5.41 Å². The van der Waals surface area contributed by atoms with E-state index in [2.05, 4.69) is 39.9 Å². The van der Waals surface area contributed by atoms with Gasteiger partial charge in [0.25, 0.3) is 0 Å². The van der Waals surface area contributed by atoms with Gasteiger partial charge in [-0.25, -0.2) is 0 Å². The third kappa shape index (κ3) is 2.19. The zero-order valence-electron chi connectivity index (χ0n) is 8.49. The summed E-state index contributed by atoms with van der Waals surface area (Å²) in [7, 11) is 0. The molecule has 0 saturated heterocycles. The Morgan fingerprint density at radius 1 is 1.00 bits per heavy atom. The summed E-state index contributed by atoms with van der Waals surface area (Å²) in [6.07, 6.45) is 2.75. The second-order valence-corrected chi connectivity index (χ2v) is 5.29. The van der Waals surface area contributed by atoms with Crippen molar-refractivity contribution in [2.75, 3.05) is 0 Å². The topological polar surface area (TPSA) is 12.0 Å². The normalized spacial score (nSPS) is 20.5. The maximum atomic E-state index is 3.67. The molecule has 1 nitrogen and oxygen atoms in total. The third-order valence-electron chi connectivity index (χ3n) is 3.02. The lowest BCUT2D eigenvalue weighted by Gasteiger charge is -2.40. The Labute approximate surface area is 70.6 Å². The SMILES string of the molecule is CC(C)(C)C(C)(C)NC1CC1. The van der Waals surface area contributed by atoms with E-state index in [1.807, 2.05) is 0 Å². The van der Waals surface area contributed by atoms with Crippen LogP contribution in [0.5, 0.6) is 0 Å².